The number of benzene rings is 2. The van der Waals surface area contributed by atoms with Crippen LogP contribution in [0.15, 0.2) is 59.9 Å². The van der Waals surface area contributed by atoms with Gasteiger partial charge in [-0.2, -0.15) is 0 Å². The van der Waals surface area contributed by atoms with Crippen molar-refractivity contribution in [1.29, 1.82) is 0 Å². The molecule has 2 aromatic rings. The van der Waals surface area contributed by atoms with E-state index in [1.807, 2.05) is 94.4 Å². The normalized spacial score (nSPS) is 9.53. The standard InChI is InChI=1S/C20H34O.C7H8.C6H14N2.C3H9N.C2H6O.4C2H6.CH4O/c1-8-11-14-21-18-13-12-16(19(4,5)9-2)15-17(18)20(6,7)10-3;1-7-5-3-2-4-6-7;1-4-8-6(3)5(2)7;1-2-3-4;1-2-3;5*1-2/h12-13,15H,8-11,14H2,1-7H3;2-6H,1H3;8H,4,7H2,1-3H3;2-4H2,1H3;3H,2H2,1H3;4*1-2H3;2H,1H3/b;;6-5-;;;;;;;. The minimum absolute atomic E-state index is 0.154. The van der Waals surface area contributed by atoms with E-state index in [1.165, 1.54) is 23.1 Å². The highest BCUT2D eigenvalue weighted by Gasteiger charge is 2.26. The van der Waals surface area contributed by atoms with Gasteiger partial charge in [-0.05, 0) is 89.3 Å². The molecule has 6 heteroatoms. The van der Waals surface area contributed by atoms with Gasteiger partial charge in [-0.25, -0.2) is 0 Å². The van der Waals surface area contributed by atoms with Gasteiger partial charge < -0.3 is 31.7 Å². The summed E-state index contributed by atoms with van der Waals surface area (Å²) in [5, 5.41) is 17.7. The lowest BCUT2D eigenvalue weighted by molar-refractivity contribution is 0.298. The number of nitrogens with two attached hydrogens (primary N) is 2. The Bertz CT molecular complexity index is 937. The minimum Gasteiger partial charge on any atom is -0.493 e. The summed E-state index contributed by atoms with van der Waals surface area (Å²) in [5.41, 5.74) is 16.9. The van der Waals surface area contributed by atoms with Gasteiger partial charge in [0.2, 0.25) is 0 Å². The maximum absolute atomic E-state index is 7.57. The first-order chi connectivity index (χ1) is 25.2. The Morgan fingerprint density at radius 2 is 1.13 bits per heavy atom. The van der Waals surface area contributed by atoms with Crippen LogP contribution in [0.3, 0.4) is 0 Å². The summed E-state index contributed by atoms with van der Waals surface area (Å²) in [6, 6.07) is 17.1. The fourth-order valence-electron chi connectivity index (χ4n) is 3.27. The van der Waals surface area contributed by atoms with Crippen LogP contribution in [0.1, 0.15) is 187 Å². The van der Waals surface area contributed by atoms with Gasteiger partial charge >= 0.3 is 0 Å². The van der Waals surface area contributed by atoms with Gasteiger partial charge in [0.25, 0.3) is 0 Å². The lowest BCUT2D eigenvalue weighted by atomic mass is 9.76. The number of aliphatic hydroxyl groups is 2. The summed E-state index contributed by atoms with van der Waals surface area (Å²) >= 11 is 0. The maximum atomic E-state index is 7.57. The van der Waals surface area contributed by atoms with Crippen LogP contribution in [-0.4, -0.2) is 43.6 Å². The first-order valence-electron chi connectivity index (χ1n) is 20.9. The molecule has 320 valence electrons. The molecular weight excluding hydrogens is 655 g/mol. The molecule has 0 heterocycles. The lowest BCUT2D eigenvalue weighted by Crippen LogP contribution is -2.21. The highest BCUT2D eigenvalue weighted by Crippen LogP contribution is 2.38. The summed E-state index contributed by atoms with van der Waals surface area (Å²) in [5.74, 6) is 1.07. The number of rotatable bonds is 11. The molecule has 2 aromatic carbocycles. The number of nitrogens with one attached hydrogen (secondary N) is 1. The topological polar surface area (TPSA) is 114 Å². The SMILES string of the molecule is CC.CC.CC.CC.CCCCOc1ccc(C(C)(C)CC)cc1C(C)(C)CC.CCCN.CCN/C(C)=C(/C)N.CCO.CO.Cc1ccccc1. The molecule has 0 bridgehead atoms. The fraction of sp³-hybridized carbons (Fsp3) is 0.702. The number of aliphatic hydroxyl groups excluding tert-OH is 2. The lowest BCUT2D eigenvalue weighted by Gasteiger charge is -2.30. The van der Waals surface area contributed by atoms with E-state index >= 15 is 0 Å². The van der Waals surface area contributed by atoms with Crippen LogP contribution in [-0.2, 0) is 10.8 Å². The third-order valence-electron chi connectivity index (χ3n) is 7.28. The zero-order chi connectivity index (χ0) is 43.9. The van der Waals surface area contributed by atoms with Crippen LogP contribution < -0.4 is 21.5 Å². The van der Waals surface area contributed by atoms with E-state index in [1.54, 1.807) is 6.92 Å². The molecule has 53 heavy (non-hydrogen) atoms. The molecule has 0 aliphatic rings. The summed E-state index contributed by atoms with van der Waals surface area (Å²) < 4.78 is 6.07. The summed E-state index contributed by atoms with van der Waals surface area (Å²) in [6.07, 6.45) is 5.66. The average molecular weight is 754 g/mol. The molecule has 0 aromatic heterocycles. The molecular formula is C47H99N3O3. The Hall–Kier alpha value is -2.54. The molecule has 0 saturated heterocycles. The molecule has 0 radical (unpaired) electrons. The molecule has 0 unspecified atom stereocenters. The third kappa shape index (κ3) is 45.5. The number of hydrogen-bond acceptors (Lipinski definition) is 6. The van der Waals surface area contributed by atoms with Gasteiger partial charge in [0.1, 0.15) is 5.75 Å². The zero-order valence-electron chi connectivity index (χ0n) is 39.9. The van der Waals surface area contributed by atoms with Gasteiger partial charge in [-0.3, -0.25) is 0 Å². The van der Waals surface area contributed by atoms with E-state index in [4.69, 9.17) is 26.4 Å². The van der Waals surface area contributed by atoms with Gasteiger partial charge in [0, 0.05) is 37.2 Å². The summed E-state index contributed by atoms with van der Waals surface area (Å²) in [4.78, 5) is 0. The van der Waals surface area contributed by atoms with E-state index in [9.17, 15) is 0 Å². The minimum atomic E-state index is 0.154. The van der Waals surface area contributed by atoms with Crippen molar-refractivity contribution >= 4 is 0 Å². The van der Waals surface area contributed by atoms with Gasteiger partial charge in [-0.15, -0.1) is 0 Å². The van der Waals surface area contributed by atoms with Gasteiger partial charge in [0.15, 0.2) is 0 Å². The van der Waals surface area contributed by atoms with Gasteiger partial charge in [-0.1, -0.05) is 165 Å². The average Bonchev–Trinajstić information content (AvgIpc) is 3.20. The van der Waals surface area contributed by atoms with Crippen LogP contribution in [0, 0.1) is 6.92 Å². The number of allylic oxidation sites excluding steroid dienone is 2. The van der Waals surface area contributed by atoms with E-state index in [0.29, 0.717) is 0 Å². The molecule has 0 aliphatic carbocycles. The van der Waals surface area contributed by atoms with Crippen LogP contribution in [0.5, 0.6) is 5.75 Å². The van der Waals surface area contributed by atoms with Crippen molar-refractivity contribution in [3.8, 4) is 5.75 Å². The number of aryl methyl sites for hydroxylation is 1. The van der Waals surface area contributed by atoms with Crippen LogP contribution in [0.2, 0.25) is 0 Å². The molecule has 0 aliphatic heterocycles. The smallest absolute Gasteiger partial charge is 0.123 e. The molecule has 0 spiro atoms. The quantitative estimate of drug-likeness (QED) is 0.146. The van der Waals surface area contributed by atoms with Crippen molar-refractivity contribution in [2.24, 2.45) is 11.5 Å². The number of hydrogen-bond donors (Lipinski definition) is 5. The number of ether oxygens (including phenoxy) is 1. The molecule has 0 amide bonds. The maximum Gasteiger partial charge on any atom is 0.123 e. The molecule has 6 nitrogen and oxygen atoms in total. The Morgan fingerprint density at radius 3 is 1.40 bits per heavy atom. The Kier molecular flexibility index (Phi) is 69.5. The van der Waals surface area contributed by atoms with Crippen molar-refractivity contribution in [3.05, 3.63) is 76.6 Å². The second-order valence-corrected chi connectivity index (χ2v) is 12.0. The second-order valence-electron chi connectivity index (χ2n) is 12.0. The van der Waals surface area contributed by atoms with Crippen molar-refractivity contribution in [2.45, 2.75) is 188 Å². The fourth-order valence-corrected chi connectivity index (χ4v) is 3.27. The van der Waals surface area contributed by atoms with Crippen molar-refractivity contribution in [3.63, 3.8) is 0 Å². The molecule has 0 atom stereocenters. The molecule has 7 N–H and O–H groups in total. The van der Waals surface area contributed by atoms with E-state index < -0.39 is 0 Å². The number of unbranched alkanes of at least 4 members (excludes halogenated alkanes) is 1. The van der Waals surface area contributed by atoms with E-state index in [-0.39, 0.29) is 17.4 Å². The highest BCUT2D eigenvalue weighted by atomic mass is 16.5. The monoisotopic (exact) mass is 754 g/mol. The summed E-state index contributed by atoms with van der Waals surface area (Å²) in [7, 11) is 1.00. The van der Waals surface area contributed by atoms with E-state index in [2.05, 4.69) is 98.0 Å². The highest BCUT2D eigenvalue weighted by molar-refractivity contribution is 5.44. The predicted molar refractivity (Wildman–Crippen MR) is 247 cm³/mol. The third-order valence-corrected chi connectivity index (χ3v) is 7.28. The summed E-state index contributed by atoms with van der Waals surface area (Å²) in [6.45, 7) is 46.6. The largest absolute Gasteiger partial charge is 0.493 e. The van der Waals surface area contributed by atoms with E-state index in [0.717, 1.165) is 69.6 Å². The Balaban J connectivity index is -0.0000000872. The van der Waals surface area contributed by atoms with Crippen LogP contribution >= 0.6 is 0 Å². The first-order valence-corrected chi connectivity index (χ1v) is 20.9. The van der Waals surface area contributed by atoms with Crippen molar-refractivity contribution < 1.29 is 14.9 Å². The van der Waals surface area contributed by atoms with Crippen molar-refractivity contribution in [2.75, 3.05) is 33.4 Å². The van der Waals surface area contributed by atoms with Crippen LogP contribution in [0.25, 0.3) is 0 Å². The predicted octanol–water partition coefficient (Wildman–Crippen LogP) is 13.1. The molecule has 2 rings (SSSR count). The zero-order valence-corrected chi connectivity index (χ0v) is 39.9. The van der Waals surface area contributed by atoms with Crippen LogP contribution in [0.4, 0.5) is 0 Å². The van der Waals surface area contributed by atoms with Gasteiger partial charge in [0.05, 0.1) is 6.61 Å². The Labute approximate surface area is 335 Å². The second kappa shape index (κ2) is 53.8. The molecule has 0 fully saturated rings. The molecule has 0 saturated carbocycles. The first kappa shape index (κ1) is 68.5. The van der Waals surface area contributed by atoms with Crippen molar-refractivity contribution in [1.82, 2.24) is 5.32 Å². The Morgan fingerprint density at radius 1 is 0.717 bits per heavy atom.